The van der Waals surface area contributed by atoms with Crippen molar-refractivity contribution in [2.75, 3.05) is 19.7 Å². The molecule has 3 aliphatic rings. The summed E-state index contributed by atoms with van der Waals surface area (Å²) in [7, 11) is 0. The molecule has 1 spiro atoms. The maximum atomic E-state index is 12.8. The van der Waals surface area contributed by atoms with Gasteiger partial charge in [-0.3, -0.25) is 4.79 Å². The first-order chi connectivity index (χ1) is 14.5. The second-order valence-electron chi connectivity index (χ2n) is 9.03. The second kappa shape index (κ2) is 8.42. The number of rotatable bonds is 4. The Labute approximate surface area is 178 Å². The molecule has 3 amide bonds. The number of hydrogen-bond donors (Lipinski definition) is 2. The molecule has 0 radical (unpaired) electrons. The highest BCUT2D eigenvalue weighted by atomic mass is 16.3. The Bertz CT molecular complexity index is 807. The Hall–Kier alpha value is -2.34. The lowest BCUT2D eigenvalue weighted by molar-refractivity contribution is -0.191. The van der Waals surface area contributed by atoms with Crippen molar-refractivity contribution >= 4 is 18.0 Å². The molecule has 0 unspecified atom stereocenters. The molecule has 2 atom stereocenters. The first-order valence-electron chi connectivity index (χ1n) is 11.2. The summed E-state index contributed by atoms with van der Waals surface area (Å²) in [5, 5.41) is 13.2. The number of urea groups is 1. The van der Waals surface area contributed by atoms with Crippen molar-refractivity contribution in [3.8, 4) is 0 Å². The molecule has 2 aliphatic heterocycles. The van der Waals surface area contributed by atoms with Gasteiger partial charge >= 0.3 is 6.03 Å². The summed E-state index contributed by atoms with van der Waals surface area (Å²) in [4.78, 5) is 28.8. The van der Waals surface area contributed by atoms with E-state index in [2.05, 4.69) is 29.6 Å². The van der Waals surface area contributed by atoms with E-state index < -0.39 is 5.54 Å². The quantitative estimate of drug-likeness (QED) is 0.800. The van der Waals surface area contributed by atoms with Crippen molar-refractivity contribution in [1.29, 1.82) is 0 Å². The summed E-state index contributed by atoms with van der Waals surface area (Å²) < 4.78 is 0. The van der Waals surface area contributed by atoms with Crippen molar-refractivity contribution in [2.45, 2.75) is 69.5 Å². The van der Waals surface area contributed by atoms with E-state index >= 15 is 0 Å². The average molecular weight is 412 g/mol. The molecule has 0 bridgehead atoms. The van der Waals surface area contributed by atoms with Crippen LogP contribution in [0.3, 0.4) is 0 Å². The molecular weight excluding hydrogens is 378 g/mol. The van der Waals surface area contributed by atoms with E-state index in [1.54, 1.807) is 6.92 Å². The summed E-state index contributed by atoms with van der Waals surface area (Å²) >= 11 is 0. The van der Waals surface area contributed by atoms with Crippen LogP contribution in [0, 0.1) is 0 Å². The van der Waals surface area contributed by atoms with Crippen molar-refractivity contribution < 1.29 is 14.7 Å². The van der Waals surface area contributed by atoms with Gasteiger partial charge in [0.2, 0.25) is 5.91 Å². The van der Waals surface area contributed by atoms with E-state index in [0.29, 0.717) is 13.1 Å². The van der Waals surface area contributed by atoms with E-state index in [-0.39, 0.29) is 36.5 Å². The molecule has 1 saturated carbocycles. The summed E-state index contributed by atoms with van der Waals surface area (Å²) in [5.74, 6) is -0.00652. The highest BCUT2D eigenvalue weighted by Crippen LogP contribution is 2.53. The van der Waals surface area contributed by atoms with Gasteiger partial charge < -0.3 is 20.2 Å². The first-order valence-corrected chi connectivity index (χ1v) is 11.2. The number of likely N-dealkylation sites (tertiary alicyclic amines) is 2. The Kier molecular flexibility index (Phi) is 5.87. The number of nitrogens with zero attached hydrogens (tertiary/aromatic N) is 2. The number of aliphatic hydroxyl groups is 1. The molecule has 1 aliphatic carbocycles. The van der Waals surface area contributed by atoms with Crippen molar-refractivity contribution in [2.24, 2.45) is 0 Å². The molecular formula is C24H33N3O3. The molecule has 3 fully saturated rings. The Morgan fingerprint density at radius 3 is 2.40 bits per heavy atom. The number of carbonyl (C=O) groups excluding carboxylic acids is 2. The smallest absolute Gasteiger partial charge is 0.317 e. The second-order valence-corrected chi connectivity index (χ2v) is 9.03. The molecule has 2 heterocycles. The Balaban J connectivity index is 1.50. The molecule has 1 aromatic rings. The minimum absolute atomic E-state index is 0.0225. The molecule has 2 saturated heterocycles. The zero-order valence-corrected chi connectivity index (χ0v) is 18.0. The maximum Gasteiger partial charge on any atom is 0.317 e. The summed E-state index contributed by atoms with van der Waals surface area (Å²) in [6.07, 6.45) is 9.77. The third-order valence-electron chi connectivity index (χ3n) is 7.11. The molecule has 6 heteroatoms. The van der Waals surface area contributed by atoms with Crippen LogP contribution >= 0.6 is 0 Å². The van der Waals surface area contributed by atoms with Crippen LogP contribution in [0.1, 0.15) is 63.0 Å². The van der Waals surface area contributed by atoms with Gasteiger partial charge in [-0.1, -0.05) is 55.7 Å². The Morgan fingerprint density at radius 1 is 1.17 bits per heavy atom. The van der Waals surface area contributed by atoms with Crippen LogP contribution in [0.4, 0.5) is 4.79 Å². The first kappa shape index (κ1) is 20.9. The number of nitrogens with one attached hydrogen (secondary N) is 1. The van der Waals surface area contributed by atoms with Gasteiger partial charge in [-0.05, 0) is 30.9 Å². The van der Waals surface area contributed by atoms with E-state index in [1.165, 1.54) is 19.3 Å². The minimum atomic E-state index is -0.411. The lowest BCUT2D eigenvalue weighted by Crippen LogP contribution is -2.86. The van der Waals surface area contributed by atoms with Crippen LogP contribution < -0.4 is 5.32 Å². The van der Waals surface area contributed by atoms with E-state index in [1.807, 2.05) is 28.9 Å². The summed E-state index contributed by atoms with van der Waals surface area (Å²) in [6.45, 7) is 4.51. The highest BCUT2D eigenvalue weighted by Gasteiger charge is 2.67. The van der Waals surface area contributed by atoms with E-state index in [0.717, 1.165) is 24.0 Å². The van der Waals surface area contributed by atoms with Crippen LogP contribution in [-0.4, -0.2) is 64.2 Å². The molecule has 1 aromatic carbocycles. The van der Waals surface area contributed by atoms with Crippen molar-refractivity contribution in [1.82, 2.24) is 15.1 Å². The number of carbonyl (C=O) groups is 2. The van der Waals surface area contributed by atoms with Gasteiger partial charge in [-0.15, -0.1) is 0 Å². The maximum absolute atomic E-state index is 12.8. The predicted octanol–water partition coefficient (Wildman–Crippen LogP) is 3.12. The number of allylic oxidation sites excluding steroid dienone is 1. The number of aliphatic hydroxyl groups excluding tert-OH is 1. The van der Waals surface area contributed by atoms with Crippen molar-refractivity contribution in [3.05, 3.63) is 41.5 Å². The summed E-state index contributed by atoms with van der Waals surface area (Å²) in [5.41, 5.74) is 1.83. The molecule has 4 rings (SSSR count). The van der Waals surface area contributed by atoms with Crippen LogP contribution in [0.2, 0.25) is 0 Å². The van der Waals surface area contributed by atoms with Gasteiger partial charge in [0, 0.05) is 32.0 Å². The molecule has 0 aromatic heterocycles. The zero-order chi connectivity index (χ0) is 21.3. The monoisotopic (exact) mass is 411 g/mol. The van der Waals surface area contributed by atoms with E-state index in [4.69, 9.17) is 0 Å². The van der Waals surface area contributed by atoms with Crippen LogP contribution in [0.25, 0.3) is 6.08 Å². The van der Waals surface area contributed by atoms with Gasteiger partial charge in [0.15, 0.2) is 0 Å². The molecule has 2 N–H and O–H groups in total. The SMILES string of the molecule is C/C=C/c1ccc([C@H]2[C@@H](CO)N(C(C)=O)C23CN(C(=O)NC2CCCCC2)C3)cc1. The fraction of sp³-hybridized carbons (Fsp3) is 0.583. The molecule has 6 nitrogen and oxygen atoms in total. The highest BCUT2D eigenvalue weighted by molar-refractivity contribution is 5.80. The summed E-state index contributed by atoms with van der Waals surface area (Å²) in [6, 6.07) is 8.33. The minimum Gasteiger partial charge on any atom is -0.394 e. The normalized spacial score (nSPS) is 25.8. The predicted molar refractivity (Wildman–Crippen MR) is 117 cm³/mol. The van der Waals surface area contributed by atoms with Crippen LogP contribution in [0.15, 0.2) is 30.3 Å². The van der Waals surface area contributed by atoms with Gasteiger partial charge in [-0.2, -0.15) is 0 Å². The van der Waals surface area contributed by atoms with Crippen LogP contribution in [0.5, 0.6) is 0 Å². The fourth-order valence-electron chi connectivity index (χ4n) is 5.80. The molecule has 162 valence electrons. The van der Waals surface area contributed by atoms with Gasteiger partial charge in [0.25, 0.3) is 0 Å². The zero-order valence-electron chi connectivity index (χ0n) is 18.0. The lowest BCUT2D eigenvalue weighted by Gasteiger charge is -2.70. The topological polar surface area (TPSA) is 72.9 Å². The van der Waals surface area contributed by atoms with E-state index in [9.17, 15) is 14.7 Å². The molecule has 30 heavy (non-hydrogen) atoms. The van der Waals surface area contributed by atoms with Gasteiger partial charge in [0.1, 0.15) is 0 Å². The number of benzene rings is 1. The largest absolute Gasteiger partial charge is 0.394 e. The lowest BCUT2D eigenvalue weighted by atomic mass is 9.60. The van der Waals surface area contributed by atoms with Crippen LogP contribution in [-0.2, 0) is 4.79 Å². The third-order valence-corrected chi connectivity index (χ3v) is 7.11. The standard InChI is InChI=1S/C24H33N3O3/c1-3-7-18-10-12-19(13-11-18)22-21(14-28)27(17(2)29)24(22)15-26(16-24)23(30)25-20-8-5-4-6-9-20/h3,7,10-13,20-22,28H,4-6,8-9,14-16H2,1-2H3,(H,25,30)/b7-3+/t21-,22+/m1/s1. The van der Waals surface area contributed by atoms with Crippen molar-refractivity contribution in [3.63, 3.8) is 0 Å². The number of hydrogen-bond acceptors (Lipinski definition) is 3. The third kappa shape index (κ3) is 3.51. The van der Waals surface area contributed by atoms with Gasteiger partial charge in [-0.25, -0.2) is 4.79 Å². The number of amides is 3. The Morgan fingerprint density at radius 2 is 1.83 bits per heavy atom. The fourth-order valence-corrected chi connectivity index (χ4v) is 5.80. The average Bonchev–Trinajstić information content (AvgIpc) is 2.68. The van der Waals surface area contributed by atoms with Gasteiger partial charge in [0.05, 0.1) is 18.2 Å².